The van der Waals surface area contributed by atoms with Crippen molar-refractivity contribution in [3.8, 4) is 0 Å². The minimum atomic E-state index is -3.63. The van der Waals surface area contributed by atoms with Gasteiger partial charge in [-0.25, -0.2) is 26.8 Å². The highest BCUT2D eigenvalue weighted by Gasteiger charge is 2.15. The van der Waals surface area contributed by atoms with Crippen molar-refractivity contribution in [1.29, 1.82) is 0 Å². The molecule has 0 aliphatic heterocycles. The number of benzene rings is 6. The van der Waals surface area contributed by atoms with Gasteiger partial charge < -0.3 is 16.1 Å². The molecule has 2 heterocycles. The van der Waals surface area contributed by atoms with Gasteiger partial charge in [0.05, 0.1) is 44.9 Å². The number of pyridine rings is 2. The maximum absolute atomic E-state index is 12.9. The summed E-state index contributed by atoms with van der Waals surface area (Å²) < 4.78 is 56.8. The summed E-state index contributed by atoms with van der Waals surface area (Å²) in [5, 5.41) is 11.0. The first kappa shape index (κ1) is 43.4. The molecule has 15 heteroatoms. The van der Waals surface area contributed by atoms with Crippen molar-refractivity contribution in [2.75, 3.05) is 31.6 Å². The number of unbranched alkanes of at least 4 members (excludes halogenated alkanes) is 2. The zero-order valence-electron chi connectivity index (χ0n) is 31.1. The number of aromatic nitrogens is 2. The first-order valence-electron chi connectivity index (χ1n) is 18.0. The number of sulfonamides is 2. The SMILES string of the molecule is Cl.Cl.O.O=S(=O)(CCCCCS(=O)(=O)Nc1ccc(Nc2c3ccccc3nc3ccccc23)cc1)Nc1ccc(Nc2c3ccccc3nc3ccccc23)cc1. The van der Waals surface area contributed by atoms with Crippen LogP contribution in [0.1, 0.15) is 19.3 Å². The van der Waals surface area contributed by atoms with E-state index in [4.69, 9.17) is 9.97 Å². The van der Waals surface area contributed by atoms with E-state index >= 15 is 0 Å². The number of hydrogen-bond acceptors (Lipinski definition) is 8. The lowest BCUT2D eigenvalue weighted by Crippen LogP contribution is -2.18. The molecule has 0 spiro atoms. The average Bonchev–Trinajstić information content (AvgIpc) is 3.18. The number of nitrogens with one attached hydrogen (secondary N) is 4. The average molecular weight is 858 g/mol. The summed E-state index contributed by atoms with van der Waals surface area (Å²) in [7, 11) is -7.27. The molecule has 0 atom stereocenters. The van der Waals surface area contributed by atoms with Crippen molar-refractivity contribution in [3.05, 3.63) is 146 Å². The maximum Gasteiger partial charge on any atom is 0.232 e. The van der Waals surface area contributed by atoms with Crippen molar-refractivity contribution >= 4 is 123 Å². The lowest BCUT2D eigenvalue weighted by molar-refractivity contribution is 0.592. The molecular weight excluding hydrogens is 816 g/mol. The zero-order chi connectivity index (χ0) is 37.8. The molecule has 6 N–H and O–H groups in total. The molecule has 0 saturated heterocycles. The van der Waals surface area contributed by atoms with Gasteiger partial charge >= 0.3 is 0 Å². The van der Waals surface area contributed by atoms with Crippen molar-refractivity contribution in [3.63, 3.8) is 0 Å². The van der Waals surface area contributed by atoms with Gasteiger partial charge in [-0.2, -0.15) is 0 Å². The second kappa shape index (κ2) is 18.7. The second-order valence-corrected chi connectivity index (χ2v) is 17.0. The van der Waals surface area contributed by atoms with E-state index in [1.54, 1.807) is 24.3 Å². The third kappa shape index (κ3) is 10.0. The van der Waals surface area contributed by atoms with Crippen molar-refractivity contribution in [1.82, 2.24) is 9.97 Å². The lowest BCUT2D eigenvalue weighted by Gasteiger charge is -2.14. The molecule has 0 aliphatic rings. The number of fused-ring (bicyclic) bond motifs is 4. The molecule has 300 valence electrons. The van der Waals surface area contributed by atoms with Gasteiger partial charge in [0.2, 0.25) is 20.0 Å². The van der Waals surface area contributed by atoms with E-state index in [1.165, 1.54) is 0 Å². The number of anilines is 6. The van der Waals surface area contributed by atoms with Gasteiger partial charge in [-0.1, -0.05) is 79.2 Å². The fourth-order valence-corrected chi connectivity index (χ4v) is 9.07. The summed E-state index contributed by atoms with van der Waals surface area (Å²) >= 11 is 0. The number of rotatable bonds is 14. The van der Waals surface area contributed by atoms with Crippen molar-refractivity contribution in [2.24, 2.45) is 0 Å². The summed E-state index contributed by atoms with van der Waals surface area (Å²) in [5.74, 6) is -0.238. The summed E-state index contributed by atoms with van der Waals surface area (Å²) in [4.78, 5) is 9.55. The van der Waals surface area contributed by atoms with Gasteiger partial charge in [0.1, 0.15) is 0 Å². The standard InChI is InChI=1S/C43H38N6O4S2.2ClH.H2O/c50-54(51,48-32-24-20-30(21-25-32)44-42-34-12-2-6-16-38(34)46-39-17-7-3-13-35(39)42)28-10-1-11-29-55(52,53)49-33-26-22-31(23-27-33)45-43-36-14-4-8-18-40(36)47-41-19-9-5-15-37(41)43;;;/h2-9,12-27,48-49H,1,10-11,28-29H2,(H,44,46)(H,45,47);2*1H;1H2. The van der Waals surface area contributed by atoms with Crippen LogP contribution in [0.3, 0.4) is 0 Å². The molecule has 11 nitrogen and oxygen atoms in total. The molecule has 58 heavy (non-hydrogen) atoms. The van der Waals surface area contributed by atoms with Crippen molar-refractivity contribution in [2.45, 2.75) is 19.3 Å². The molecule has 0 fully saturated rings. The molecule has 0 unspecified atom stereocenters. The van der Waals surface area contributed by atoms with Crippen LogP contribution >= 0.6 is 24.8 Å². The molecule has 2 aromatic heterocycles. The quantitative estimate of drug-likeness (QED) is 0.0618. The molecule has 8 aromatic rings. The van der Waals surface area contributed by atoms with E-state index in [-0.39, 0.29) is 41.8 Å². The Kier molecular flexibility index (Phi) is 14.0. The Morgan fingerprint density at radius 3 is 0.966 bits per heavy atom. The Morgan fingerprint density at radius 2 is 0.655 bits per heavy atom. The van der Waals surface area contributed by atoms with Crippen LogP contribution in [0, 0.1) is 0 Å². The number of hydrogen-bond donors (Lipinski definition) is 4. The minimum Gasteiger partial charge on any atom is -0.412 e. The Balaban J connectivity index is 0.00000214. The number of nitrogens with zero attached hydrogens (tertiary/aromatic N) is 2. The van der Waals surface area contributed by atoms with Crippen molar-refractivity contribution < 1.29 is 22.3 Å². The molecule has 0 radical (unpaired) electrons. The largest absolute Gasteiger partial charge is 0.412 e. The summed E-state index contributed by atoms with van der Waals surface area (Å²) in [5.41, 5.74) is 7.89. The molecular formula is C43H42Cl2N6O5S2. The summed E-state index contributed by atoms with van der Waals surface area (Å²) in [6.45, 7) is 0. The van der Waals surface area contributed by atoms with Crippen LogP contribution in [0.5, 0.6) is 0 Å². The highest BCUT2D eigenvalue weighted by molar-refractivity contribution is 7.93. The van der Waals surface area contributed by atoms with Gasteiger partial charge in [-0.3, -0.25) is 9.44 Å². The first-order chi connectivity index (χ1) is 26.7. The Labute approximate surface area is 349 Å². The topological polar surface area (TPSA) is 174 Å². The minimum absolute atomic E-state index is 0. The highest BCUT2D eigenvalue weighted by Crippen LogP contribution is 2.35. The predicted octanol–water partition coefficient (Wildman–Crippen LogP) is 9.95. The molecule has 6 aromatic carbocycles. The van der Waals surface area contributed by atoms with Crippen LogP contribution in [0.15, 0.2) is 146 Å². The number of para-hydroxylation sites is 4. The Hall–Kier alpha value is -5.70. The van der Waals surface area contributed by atoms with E-state index in [1.807, 2.05) is 121 Å². The van der Waals surface area contributed by atoms with Gasteiger partial charge in [0, 0.05) is 44.3 Å². The van der Waals surface area contributed by atoms with Crippen LogP contribution in [0.4, 0.5) is 34.1 Å². The molecule has 8 rings (SSSR count). The normalized spacial score (nSPS) is 11.3. The number of halogens is 2. The summed E-state index contributed by atoms with van der Waals surface area (Å²) in [6.07, 6.45) is 1.09. The van der Waals surface area contributed by atoms with E-state index in [9.17, 15) is 16.8 Å². The predicted molar refractivity (Wildman–Crippen MR) is 245 cm³/mol. The fourth-order valence-electron chi connectivity index (χ4n) is 6.70. The highest BCUT2D eigenvalue weighted by atomic mass is 35.5. The smallest absolute Gasteiger partial charge is 0.232 e. The van der Waals surface area contributed by atoms with E-state index in [0.717, 1.165) is 66.4 Å². The monoisotopic (exact) mass is 856 g/mol. The molecule has 0 saturated carbocycles. The second-order valence-electron chi connectivity index (χ2n) is 13.3. The van der Waals surface area contributed by atoms with Gasteiger partial charge in [0.15, 0.2) is 0 Å². The first-order valence-corrected chi connectivity index (χ1v) is 21.3. The third-order valence-corrected chi connectivity index (χ3v) is 12.1. The van der Waals surface area contributed by atoms with Crippen LogP contribution in [-0.4, -0.2) is 43.8 Å². The Bertz CT molecular complexity index is 2600. The Morgan fingerprint density at radius 1 is 0.379 bits per heavy atom. The van der Waals surface area contributed by atoms with Crippen LogP contribution in [0.25, 0.3) is 43.6 Å². The van der Waals surface area contributed by atoms with Crippen LogP contribution < -0.4 is 20.1 Å². The van der Waals surface area contributed by atoms with Gasteiger partial charge in [-0.15, -0.1) is 24.8 Å². The zero-order valence-corrected chi connectivity index (χ0v) is 34.3. The van der Waals surface area contributed by atoms with Crippen LogP contribution in [-0.2, 0) is 20.0 Å². The van der Waals surface area contributed by atoms with E-state index in [2.05, 4.69) is 20.1 Å². The van der Waals surface area contributed by atoms with E-state index < -0.39 is 20.0 Å². The van der Waals surface area contributed by atoms with E-state index in [0.29, 0.717) is 30.6 Å². The van der Waals surface area contributed by atoms with Crippen LogP contribution in [0.2, 0.25) is 0 Å². The fraction of sp³-hybridized carbons (Fsp3) is 0.116. The van der Waals surface area contributed by atoms with Gasteiger partial charge in [-0.05, 0) is 85.6 Å². The summed E-state index contributed by atoms with van der Waals surface area (Å²) in [6, 6.07) is 45.9. The maximum atomic E-state index is 12.9. The molecule has 0 amide bonds. The molecule has 0 aliphatic carbocycles. The lowest BCUT2D eigenvalue weighted by atomic mass is 10.1. The third-order valence-electron chi connectivity index (χ3n) is 9.36. The van der Waals surface area contributed by atoms with Gasteiger partial charge in [0.25, 0.3) is 0 Å². The molecule has 0 bridgehead atoms.